The molecule has 0 bridgehead atoms. The first-order valence-corrected chi connectivity index (χ1v) is 11.8. The average Bonchev–Trinajstić information content (AvgIpc) is 3.36. The molecule has 0 aromatic heterocycles. The van der Waals surface area contributed by atoms with Crippen molar-refractivity contribution >= 4 is 39.1 Å². The Hall–Kier alpha value is -2.19. The molecule has 2 saturated heterocycles. The van der Waals surface area contributed by atoms with Crippen molar-refractivity contribution in [1.29, 1.82) is 0 Å². The van der Waals surface area contributed by atoms with E-state index in [-0.39, 0.29) is 12.0 Å². The fraction of sp³-hybridized carbons (Fsp3) is 0.350. The lowest BCUT2D eigenvalue weighted by Crippen LogP contribution is -2.42. The molecule has 2 aliphatic heterocycles. The summed E-state index contributed by atoms with van der Waals surface area (Å²) in [7, 11) is -3.75. The monoisotopic (exact) mass is 416 g/mol. The third-order valence-corrected chi connectivity index (χ3v) is 9.40. The van der Waals surface area contributed by atoms with Crippen LogP contribution >= 0.6 is 11.8 Å². The Morgan fingerprint density at radius 1 is 1.11 bits per heavy atom. The number of nitrogens with zero attached hydrogens (tertiary/aromatic N) is 1. The Morgan fingerprint density at radius 3 is 2.46 bits per heavy atom. The summed E-state index contributed by atoms with van der Waals surface area (Å²) in [5, 5.41) is 2.80. The van der Waals surface area contributed by atoms with Crippen molar-refractivity contribution in [2.24, 2.45) is 5.92 Å². The van der Waals surface area contributed by atoms with Crippen LogP contribution in [0, 0.1) is 5.92 Å². The number of hydrogen-bond donors (Lipinski definition) is 1. The molecule has 5 rings (SSSR count). The highest BCUT2D eigenvalue weighted by atomic mass is 32.2. The number of hydrogen-bond acceptors (Lipinski definition) is 5. The Kier molecular flexibility index (Phi) is 4.10. The van der Waals surface area contributed by atoms with Gasteiger partial charge in [0.1, 0.15) is 11.9 Å². The predicted molar refractivity (Wildman–Crippen MR) is 110 cm³/mol. The third kappa shape index (κ3) is 2.69. The first kappa shape index (κ1) is 17.9. The first-order chi connectivity index (χ1) is 13.5. The molecule has 6 nitrogen and oxygen atoms in total. The minimum Gasteiger partial charge on any atom is -0.489 e. The lowest BCUT2D eigenvalue weighted by molar-refractivity contribution is -0.116. The second-order valence-electron chi connectivity index (χ2n) is 7.42. The van der Waals surface area contributed by atoms with Gasteiger partial charge in [0.05, 0.1) is 5.69 Å². The average molecular weight is 417 g/mol. The topological polar surface area (TPSA) is 75.7 Å². The molecule has 3 aliphatic rings. The second-order valence-corrected chi connectivity index (χ2v) is 10.6. The number of carbonyl (C=O) groups excluding carboxylic acids is 1. The molecule has 1 N–H and O–H groups in total. The van der Waals surface area contributed by atoms with Crippen LogP contribution in [-0.2, 0) is 14.8 Å². The first-order valence-electron chi connectivity index (χ1n) is 9.24. The minimum absolute atomic E-state index is 0.170. The number of anilines is 2. The Morgan fingerprint density at radius 2 is 1.82 bits per heavy atom. The van der Waals surface area contributed by atoms with Crippen LogP contribution in [0.25, 0.3) is 0 Å². The van der Waals surface area contributed by atoms with Crippen LogP contribution in [-0.4, -0.2) is 43.2 Å². The fourth-order valence-corrected chi connectivity index (χ4v) is 6.82. The van der Waals surface area contributed by atoms with Gasteiger partial charge in [0.25, 0.3) is 0 Å². The molecule has 1 aliphatic carbocycles. The van der Waals surface area contributed by atoms with Crippen molar-refractivity contribution in [1.82, 2.24) is 0 Å². The molecule has 2 atom stereocenters. The van der Waals surface area contributed by atoms with Gasteiger partial charge in [-0.15, -0.1) is 0 Å². The largest absolute Gasteiger partial charge is 0.489 e. The van der Waals surface area contributed by atoms with E-state index in [0.29, 0.717) is 24.3 Å². The second kappa shape index (κ2) is 6.42. The Labute approximate surface area is 168 Å². The zero-order valence-corrected chi connectivity index (χ0v) is 16.7. The van der Waals surface area contributed by atoms with E-state index >= 15 is 0 Å². The van der Waals surface area contributed by atoms with E-state index in [2.05, 4.69) is 5.32 Å². The number of para-hydroxylation sites is 1. The molecule has 28 heavy (non-hydrogen) atoms. The molecule has 2 aromatic rings. The Balaban J connectivity index is 1.32. The van der Waals surface area contributed by atoms with Gasteiger partial charge < -0.3 is 10.1 Å². The summed E-state index contributed by atoms with van der Waals surface area (Å²) in [4.78, 5) is 12.9. The Bertz CT molecular complexity index is 1010. The third-order valence-electron chi connectivity index (χ3n) is 5.64. The van der Waals surface area contributed by atoms with E-state index in [0.717, 1.165) is 17.3 Å². The highest BCUT2D eigenvalue weighted by molar-refractivity contribution is 8.00. The zero-order valence-electron chi connectivity index (χ0n) is 15.1. The molecule has 8 heteroatoms. The normalized spacial score (nSPS) is 27.6. The van der Waals surface area contributed by atoms with Crippen LogP contribution in [0.2, 0.25) is 0 Å². The van der Waals surface area contributed by atoms with Gasteiger partial charge in [0.15, 0.2) is 4.75 Å². The molecule has 0 unspecified atom stereocenters. The van der Waals surface area contributed by atoms with Crippen molar-refractivity contribution in [2.45, 2.75) is 17.3 Å². The van der Waals surface area contributed by atoms with Crippen LogP contribution in [0.1, 0.15) is 6.42 Å². The van der Waals surface area contributed by atoms with E-state index in [4.69, 9.17) is 4.74 Å². The maximum atomic E-state index is 13.1. The number of fused-ring (bicyclic) bond motifs is 1. The summed E-state index contributed by atoms with van der Waals surface area (Å²) in [6, 6.07) is 16.1. The molecule has 3 fully saturated rings. The fourth-order valence-electron chi connectivity index (χ4n) is 3.89. The standard InChI is InChI=1S/C20H20N2O4S2/c23-19(21-15-6-8-17(9-7-15)26-18-12-27-13-18)20-10-14(20)11-22(28(20,24)25)16-4-2-1-3-5-16/h1-9,14,18H,10-13H2,(H,21,23)/t14-,20-/m0/s1. The summed E-state index contributed by atoms with van der Waals surface area (Å²) in [6.45, 7) is 0.353. The molecule has 1 amide bonds. The molecule has 2 aromatic carbocycles. The van der Waals surface area contributed by atoms with Gasteiger partial charge in [0.2, 0.25) is 15.9 Å². The number of benzene rings is 2. The van der Waals surface area contributed by atoms with Crippen molar-refractivity contribution in [2.75, 3.05) is 27.7 Å². The van der Waals surface area contributed by atoms with Gasteiger partial charge in [-0.1, -0.05) is 18.2 Å². The van der Waals surface area contributed by atoms with Crippen LogP contribution in [0.15, 0.2) is 54.6 Å². The number of carbonyl (C=O) groups is 1. The number of amides is 1. The zero-order chi connectivity index (χ0) is 19.4. The summed E-state index contributed by atoms with van der Waals surface area (Å²) in [6.07, 6.45) is 0.634. The number of thioether (sulfide) groups is 1. The van der Waals surface area contributed by atoms with Gasteiger partial charge in [-0.05, 0) is 42.8 Å². The predicted octanol–water partition coefficient (Wildman–Crippen LogP) is 2.73. The summed E-state index contributed by atoms with van der Waals surface area (Å²) in [5.41, 5.74) is 1.19. The quantitative estimate of drug-likeness (QED) is 0.811. The minimum atomic E-state index is -3.75. The summed E-state index contributed by atoms with van der Waals surface area (Å²) >= 11 is 1.85. The van der Waals surface area contributed by atoms with Crippen molar-refractivity contribution in [3.63, 3.8) is 0 Å². The highest BCUT2D eigenvalue weighted by Gasteiger charge is 2.75. The molecular weight excluding hydrogens is 396 g/mol. The highest BCUT2D eigenvalue weighted by Crippen LogP contribution is 2.58. The van der Waals surface area contributed by atoms with E-state index in [9.17, 15) is 13.2 Å². The van der Waals surface area contributed by atoms with E-state index in [1.165, 1.54) is 4.31 Å². The smallest absolute Gasteiger partial charge is 0.250 e. The van der Waals surface area contributed by atoms with Gasteiger partial charge >= 0.3 is 0 Å². The molecule has 2 heterocycles. The number of sulfonamides is 1. The summed E-state index contributed by atoms with van der Waals surface area (Å²) in [5.74, 6) is 2.14. The van der Waals surface area contributed by atoms with E-state index in [1.807, 2.05) is 17.8 Å². The molecule has 0 spiro atoms. The van der Waals surface area contributed by atoms with Crippen molar-refractivity contribution < 1.29 is 17.9 Å². The van der Waals surface area contributed by atoms with Gasteiger partial charge in [-0.25, -0.2) is 8.42 Å². The van der Waals surface area contributed by atoms with E-state index < -0.39 is 20.7 Å². The van der Waals surface area contributed by atoms with Crippen LogP contribution in [0.3, 0.4) is 0 Å². The van der Waals surface area contributed by atoms with Gasteiger partial charge in [-0.3, -0.25) is 9.10 Å². The maximum Gasteiger partial charge on any atom is 0.250 e. The van der Waals surface area contributed by atoms with Crippen LogP contribution in [0.4, 0.5) is 11.4 Å². The SMILES string of the molecule is O=C(Nc1ccc(OC2CSC2)cc1)[C@]12C[C@H]1CN(c1ccccc1)S2(=O)=O. The molecule has 0 radical (unpaired) electrons. The number of nitrogens with one attached hydrogen (secondary N) is 1. The molecule has 1 saturated carbocycles. The van der Waals surface area contributed by atoms with Crippen molar-refractivity contribution in [3.05, 3.63) is 54.6 Å². The summed E-state index contributed by atoms with van der Waals surface area (Å²) < 4.78 is 32.1. The molecular formula is C20H20N2O4S2. The van der Waals surface area contributed by atoms with Gasteiger partial charge in [-0.2, -0.15) is 11.8 Å². The van der Waals surface area contributed by atoms with Crippen molar-refractivity contribution in [3.8, 4) is 5.75 Å². The van der Waals surface area contributed by atoms with Crippen LogP contribution < -0.4 is 14.4 Å². The number of rotatable bonds is 5. The van der Waals surface area contributed by atoms with Gasteiger partial charge in [0, 0.05) is 29.7 Å². The van der Waals surface area contributed by atoms with E-state index in [1.54, 1.807) is 48.5 Å². The molecule has 146 valence electrons. The number of ether oxygens (including phenoxy) is 1. The maximum absolute atomic E-state index is 13.1. The van der Waals surface area contributed by atoms with Crippen LogP contribution in [0.5, 0.6) is 5.75 Å². The lowest BCUT2D eigenvalue weighted by atomic mass is 10.2. The lowest BCUT2D eigenvalue weighted by Gasteiger charge is -2.26.